The van der Waals surface area contributed by atoms with Gasteiger partial charge in [0.05, 0.1) is 11.9 Å². The highest BCUT2D eigenvalue weighted by molar-refractivity contribution is 5.89. The summed E-state index contributed by atoms with van der Waals surface area (Å²) in [6.45, 7) is 3.98. The number of piperidine rings is 1. The summed E-state index contributed by atoms with van der Waals surface area (Å²) in [6, 6.07) is 4.12. The molecular weight excluding hydrogens is 318 g/mol. The first-order valence-electron chi connectivity index (χ1n) is 8.90. The lowest BCUT2D eigenvalue weighted by Crippen LogP contribution is -2.50. The van der Waals surface area contributed by atoms with E-state index in [2.05, 4.69) is 25.3 Å². The number of rotatable bonds is 3. The molecule has 0 bridgehead atoms. The van der Waals surface area contributed by atoms with Crippen LogP contribution >= 0.6 is 0 Å². The minimum atomic E-state index is -0.0424. The van der Waals surface area contributed by atoms with E-state index in [0.717, 1.165) is 19.5 Å². The number of hydrogen-bond acceptors (Lipinski definition) is 5. The number of carbonyl (C=O) groups is 1. The number of aromatic nitrogens is 4. The van der Waals surface area contributed by atoms with Crippen LogP contribution in [0.25, 0.3) is 5.82 Å². The molecule has 1 atom stereocenters. The lowest BCUT2D eigenvalue weighted by molar-refractivity contribution is 0.132. The van der Waals surface area contributed by atoms with Crippen molar-refractivity contribution in [1.29, 1.82) is 0 Å². The highest BCUT2D eigenvalue weighted by atomic mass is 16.2. The normalized spacial score (nSPS) is 21.4. The van der Waals surface area contributed by atoms with E-state index < -0.39 is 0 Å². The minimum absolute atomic E-state index is 0.0424. The van der Waals surface area contributed by atoms with Crippen molar-refractivity contribution in [3.63, 3.8) is 0 Å². The van der Waals surface area contributed by atoms with Gasteiger partial charge in [0.2, 0.25) is 0 Å². The topological polar surface area (TPSA) is 79.2 Å². The molecule has 0 aliphatic carbocycles. The lowest BCUT2D eigenvalue weighted by atomic mass is 10.0. The molecule has 0 spiro atoms. The van der Waals surface area contributed by atoms with E-state index in [1.54, 1.807) is 17.2 Å². The minimum Gasteiger partial charge on any atom is -0.323 e. The highest BCUT2D eigenvalue weighted by Gasteiger charge is 2.29. The molecule has 0 radical (unpaired) electrons. The number of pyridine rings is 1. The number of amides is 2. The van der Waals surface area contributed by atoms with Crippen LogP contribution < -0.4 is 5.32 Å². The third kappa shape index (κ3) is 3.63. The van der Waals surface area contributed by atoms with E-state index in [1.165, 1.54) is 38.7 Å². The number of hydrogen-bond donors (Lipinski definition) is 1. The molecule has 8 nitrogen and oxygen atoms in total. The highest BCUT2D eigenvalue weighted by Crippen LogP contribution is 2.21. The molecule has 4 rings (SSSR count). The van der Waals surface area contributed by atoms with Gasteiger partial charge in [0.15, 0.2) is 5.82 Å². The smallest absolute Gasteiger partial charge is 0.321 e. The fourth-order valence-corrected chi connectivity index (χ4v) is 3.67. The van der Waals surface area contributed by atoms with Crippen molar-refractivity contribution in [2.45, 2.75) is 31.7 Å². The monoisotopic (exact) mass is 341 g/mol. The van der Waals surface area contributed by atoms with Crippen LogP contribution in [0.2, 0.25) is 0 Å². The summed E-state index contributed by atoms with van der Waals surface area (Å²) in [7, 11) is 0. The Morgan fingerprint density at radius 3 is 2.76 bits per heavy atom. The summed E-state index contributed by atoms with van der Waals surface area (Å²) < 4.78 is 1.58. The van der Waals surface area contributed by atoms with Crippen LogP contribution in [0.5, 0.6) is 0 Å². The fraction of sp³-hybridized carbons (Fsp3) is 0.529. The predicted octanol–water partition coefficient (Wildman–Crippen LogP) is 1.75. The average molecular weight is 341 g/mol. The number of anilines is 1. The Morgan fingerprint density at radius 2 is 2.04 bits per heavy atom. The van der Waals surface area contributed by atoms with E-state index in [0.29, 0.717) is 17.5 Å². The molecule has 2 aliphatic rings. The zero-order chi connectivity index (χ0) is 17.1. The van der Waals surface area contributed by atoms with E-state index in [-0.39, 0.29) is 6.03 Å². The molecule has 25 heavy (non-hydrogen) atoms. The van der Waals surface area contributed by atoms with Gasteiger partial charge in [0, 0.05) is 19.1 Å². The van der Waals surface area contributed by atoms with E-state index >= 15 is 0 Å². The van der Waals surface area contributed by atoms with Crippen molar-refractivity contribution in [3.05, 3.63) is 31.0 Å². The van der Waals surface area contributed by atoms with Crippen LogP contribution in [-0.4, -0.2) is 67.8 Å². The molecule has 8 heteroatoms. The molecule has 2 aromatic heterocycles. The van der Waals surface area contributed by atoms with Crippen LogP contribution in [0.15, 0.2) is 31.0 Å². The predicted molar refractivity (Wildman–Crippen MR) is 93.6 cm³/mol. The molecule has 2 amide bonds. The molecular formula is C17H23N7O. The van der Waals surface area contributed by atoms with E-state index in [1.807, 2.05) is 17.0 Å². The van der Waals surface area contributed by atoms with Crippen LogP contribution in [0.3, 0.4) is 0 Å². The molecule has 1 N–H and O–H groups in total. The molecule has 1 unspecified atom stereocenters. The number of nitrogens with zero attached hydrogens (tertiary/aromatic N) is 6. The molecule has 132 valence electrons. The van der Waals surface area contributed by atoms with Crippen molar-refractivity contribution in [1.82, 2.24) is 29.5 Å². The zero-order valence-corrected chi connectivity index (χ0v) is 14.2. The Bertz CT molecular complexity index is 694. The van der Waals surface area contributed by atoms with Crippen LogP contribution in [0.1, 0.15) is 25.7 Å². The maximum Gasteiger partial charge on any atom is 0.321 e. The number of urea groups is 1. The molecule has 4 heterocycles. The second-order valence-corrected chi connectivity index (χ2v) is 6.66. The van der Waals surface area contributed by atoms with Gasteiger partial charge in [-0.3, -0.25) is 4.90 Å². The van der Waals surface area contributed by atoms with Crippen molar-refractivity contribution in [2.24, 2.45) is 0 Å². The van der Waals surface area contributed by atoms with Crippen LogP contribution in [-0.2, 0) is 0 Å². The van der Waals surface area contributed by atoms with Crippen molar-refractivity contribution < 1.29 is 4.79 Å². The van der Waals surface area contributed by atoms with Gasteiger partial charge < -0.3 is 10.2 Å². The van der Waals surface area contributed by atoms with Crippen molar-refractivity contribution in [2.75, 3.05) is 31.5 Å². The standard InChI is InChI=1S/C17H23N7O/c25-17(23-9-3-4-15(11-23)22-7-1-2-8-22)21-14-5-6-16(19-10-14)24-13-18-12-20-24/h5-6,10,12-13,15H,1-4,7-9,11H2,(H,21,25). The first kappa shape index (κ1) is 16.0. The summed E-state index contributed by atoms with van der Waals surface area (Å²) in [5.41, 5.74) is 0.692. The molecule has 0 saturated carbocycles. The van der Waals surface area contributed by atoms with Gasteiger partial charge in [-0.25, -0.2) is 19.4 Å². The Labute approximate surface area is 146 Å². The third-order valence-electron chi connectivity index (χ3n) is 4.99. The van der Waals surface area contributed by atoms with Crippen molar-refractivity contribution >= 4 is 11.7 Å². The second kappa shape index (κ2) is 7.18. The zero-order valence-electron chi connectivity index (χ0n) is 14.2. The van der Waals surface area contributed by atoms with E-state index in [4.69, 9.17) is 0 Å². The van der Waals surface area contributed by atoms with Gasteiger partial charge in [0.25, 0.3) is 0 Å². The summed E-state index contributed by atoms with van der Waals surface area (Å²) in [4.78, 5) is 25.3. The molecule has 2 aromatic rings. The molecule has 0 aromatic carbocycles. The van der Waals surface area contributed by atoms with Crippen LogP contribution in [0.4, 0.5) is 10.5 Å². The Kier molecular flexibility index (Phi) is 4.60. The molecule has 2 aliphatic heterocycles. The van der Waals surface area contributed by atoms with Gasteiger partial charge in [-0.05, 0) is 50.9 Å². The Morgan fingerprint density at radius 1 is 1.16 bits per heavy atom. The number of likely N-dealkylation sites (tertiary alicyclic amines) is 2. The average Bonchev–Trinajstić information content (AvgIpc) is 3.36. The summed E-state index contributed by atoms with van der Waals surface area (Å²) in [6.07, 6.45) is 9.53. The summed E-state index contributed by atoms with van der Waals surface area (Å²) in [5.74, 6) is 0.669. The first-order valence-corrected chi connectivity index (χ1v) is 8.90. The summed E-state index contributed by atoms with van der Waals surface area (Å²) >= 11 is 0. The second-order valence-electron chi connectivity index (χ2n) is 6.66. The lowest BCUT2D eigenvalue weighted by Gasteiger charge is -2.37. The van der Waals surface area contributed by atoms with Gasteiger partial charge in [0.1, 0.15) is 12.7 Å². The molecule has 2 fully saturated rings. The largest absolute Gasteiger partial charge is 0.323 e. The van der Waals surface area contributed by atoms with Gasteiger partial charge in [-0.15, -0.1) is 0 Å². The van der Waals surface area contributed by atoms with E-state index in [9.17, 15) is 4.79 Å². The van der Waals surface area contributed by atoms with Gasteiger partial charge >= 0.3 is 6.03 Å². The fourth-order valence-electron chi connectivity index (χ4n) is 3.67. The van der Waals surface area contributed by atoms with Gasteiger partial charge in [-0.1, -0.05) is 0 Å². The first-order chi connectivity index (χ1) is 12.3. The molecule has 2 saturated heterocycles. The van der Waals surface area contributed by atoms with Gasteiger partial charge in [-0.2, -0.15) is 5.10 Å². The number of carbonyl (C=O) groups excluding carboxylic acids is 1. The number of nitrogens with one attached hydrogen (secondary N) is 1. The van der Waals surface area contributed by atoms with Crippen LogP contribution in [0, 0.1) is 0 Å². The SMILES string of the molecule is O=C(Nc1ccc(-n2cncn2)nc1)N1CCCC(N2CCCC2)C1. The Hall–Kier alpha value is -2.48. The quantitative estimate of drug-likeness (QED) is 0.920. The maximum absolute atomic E-state index is 12.6. The van der Waals surface area contributed by atoms with Crippen molar-refractivity contribution in [3.8, 4) is 5.82 Å². The maximum atomic E-state index is 12.6. The third-order valence-corrected chi connectivity index (χ3v) is 4.99. The Balaban J connectivity index is 1.36. The summed E-state index contributed by atoms with van der Waals surface area (Å²) in [5, 5.41) is 7.00.